The molecule has 252 valence electrons. The second-order valence-corrected chi connectivity index (χ2v) is 15.2. The first-order valence-electron chi connectivity index (χ1n) is 18.4. The van der Waals surface area contributed by atoms with Gasteiger partial charge < -0.3 is 4.42 Å². The molecule has 0 N–H and O–H groups in total. The quantitative estimate of drug-likeness (QED) is 0.183. The summed E-state index contributed by atoms with van der Waals surface area (Å²) >= 11 is 1.85. The van der Waals surface area contributed by atoms with E-state index in [0.717, 1.165) is 62.6 Å². The highest BCUT2D eigenvalue weighted by atomic mass is 32.1. The van der Waals surface area contributed by atoms with Crippen LogP contribution in [0.15, 0.2) is 150 Å². The van der Waals surface area contributed by atoms with E-state index >= 15 is 0 Å². The van der Waals surface area contributed by atoms with E-state index in [1.807, 2.05) is 29.5 Å². The Labute approximate surface area is 314 Å². The SMILES string of the molecule is C1=Cc2sc3cccc(-c4nc(-c5cccc(-c6cccc7oc8ccccc8c67)c5)nc(-c5cccc6c5-c5cccc7cccc-6c57)n4)c3c2CC1. The third-order valence-corrected chi connectivity index (χ3v) is 12.3. The summed E-state index contributed by atoms with van der Waals surface area (Å²) in [6.07, 6.45) is 6.61. The number of allylic oxidation sites excluding steroid dienone is 1. The predicted molar refractivity (Wildman–Crippen MR) is 224 cm³/mol. The zero-order chi connectivity index (χ0) is 35.3. The number of benzene rings is 7. The first-order chi connectivity index (χ1) is 26.8. The fourth-order valence-electron chi connectivity index (χ4n) is 8.83. The zero-order valence-electron chi connectivity index (χ0n) is 29.0. The lowest BCUT2D eigenvalue weighted by molar-refractivity contribution is 0.669. The van der Waals surface area contributed by atoms with Crippen LogP contribution in [0.4, 0.5) is 0 Å². The van der Waals surface area contributed by atoms with Crippen molar-refractivity contribution in [1.82, 2.24) is 15.0 Å². The topological polar surface area (TPSA) is 51.8 Å². The molecule has 10 aromatic rings. The maximum Gasteiger partial charge on any atom is 0.164 e. The minimum Gasteiger partial charge on any atom is -0.456 e. The van der Waals surface area contributed by atoms with E-state index in [9.17, 15) is 0 Å². The largest absolute Gasteiger partial charge is 0.456 e. The number of aryl methyl sites for hydroxylation is 1. The van der Waals surface area contributed by atoms with E-state index in [1.165, 1.54) is 53.6 Å². The summed E-state index contributed by atoms with van der Waals surface area (Å²) in [6.45, 7) is 0. The van der Waals surface area contributed by atoms with Crippen molar-refractivity contribution in [2.75, 3.05) is 0 Å². The van der Waals surface area contributed by atoms with Crippen LogP contribution in [-0.4, -0.2) is 15.0 Å². The van der Waals surface area contributed by atoms with E-state index < -0.39 is 0 Å². The summed E-state index contributed by atoms with van der Waals surface area (Å²) in [7, 11) is 0. The number of furan rings is 1. The second kappa shape index (κ2) is 11.4. The Bertz CT molecular complexity index is 3230. The van der Waals surface area contributed by atoms with Crippen molar-refractivity contribution in [2.24, 2.45) is 0 Å². The van der Waals surface area contributed by atoms with Crippen LogP contribution in [0.25, 0.3) is 116 Å². The summed E-state index contributed by atoms with van der Waals surface area (Å²) in [5, 5.41) is 6.00. The number of nitrogens with zero attached hydrogens (tertiary/aromatic N) is 3. The summed E-state index contributed by atoms with van der Waals surface area (Å²) in [5.41, 5.74) is 13.2. The molecule has 4 nitrogen and oxygen atoms in total. The number of thiophene rings is 1. The standard InChI is InChI=1S/C49H29N3OS/c1-3-23-39-34(15-1)45-31(17-9-24-40(45)53-39)29-13-5-14-30(27-29)47-50-48(37-21-8-19-33-32-18-6-11-28-12-7-20-36(43(28)32)44(33)37)52-49(51-47)38-22-10-26-42-46(38)35-16-2-4-25-41(35)54-42/h1,3-15,17-27H,2,16H2. The highest BCUT2D eigenvalue weighted by Crippen LogP contribution is 2.51. The van der Waals surface area contributed by atoms with Crippen LogP contribution in [0.1, 0.15) is 16.9 Å². The molecule has 0 bridgehead atoms. The van der Waals surface area contributed by atoms with Gasteiger partial charge in [0.05, 0.1) is 0 Å². The molecule has 0 saturated heterocycles. The maximum atomic E-state index is 6.27. The van der Waals surface area contributed by atoms with Crippen LogP contribution in [0.3, 0.4) is 0 Å². The van der Waals surface area contributed by atoms with Gasteiger partial charge in [0, 0.05) is 48.0 Å². The number of para-hydroxylation sites is 1. The first-order valence-corrected chi connectivity index (χ1v) is 19.2. The van der Waals surface area contributed by atoms with Crippen molar-refractivity contribution in [3.05, 3.63) is 156 Å². The minimum absolute atomic E-state index is 0.647. The Hall–Kier alpha value is -6.69. The third-order valence-electron chi connectivity index (χ3n) is 11.2. The Morgan fingerprint density at radius 3 is 2.13 bits per heavy atom. The van der Waals surface area contributed by atoms with Crippen LogP contribution in [0.5, 0.6) is 0 Å². The maximum absolute atomic E-state index is 6.27. The van der Waals surface area contributed by atoms with Crippen molar-refractivity contribution in [1.29, 1.82) is 0 Å². The number of rotatable bonds is 4. The molecular formula is C49H29N3OS. The Kier molecular flexibility index (Phi) is 6.30. The van der Waals surface area contributed by atoms with Crippen molar-refractivity contribution in [3.63, 3.8) is 0 Å². The molecule has 3 heterocycles. The summed E-state index contributed by atoms with van der Waals surface area (Å²) in [4.78, 5) is 17.4. The minimum atomic E-state index is 0.647. The van der Waals surface area contributed by atoms with E-state index in [0.29, 0.717) is 17.5 Å². The molecular weight excluding hydrogens is 679 g/mol. The van der Waals surface area contributed by atoms with E-state index in [2.05, 4.69) is 133 Å². The Balaban J connectivity index is 1.11. The van der Waals surface area contributed by atoms with Gasteiger partial charge in [0.2, 0.25) is 0 Å². The molecule has 54 heavy (non-hydrogen) atoms. The lowest BCUT2D eigenvalue weighted by Gasteiger charge is -2.14. The normalized spacial score (nSPS) is 13.0. The summed E-state index contributed by atoms with van der Waals surface area (Å²) in [6, 6.07) is 49.4. The lowest BCUT2D eigenvalue weighted by atomic mass is 9.96. The van der Waals surface area contributed by atoms with Gasteiger partial charge in [-0.3, -0.25) is 0 Å². The monoisotopic (exact) mass is 707 g/mol. The molecule has 0 fully saturated rings. The molecule has 12 rings (SSSR count). The highest BCUT2D eigenvalue weighted by Gasteiger charge is 2.27. The molecule has 0 unspecified atom stereocenters. The number of aromatic nitrogens is 3. The molecule has 2 aliphatic carbocycles. The van der Waals surface area contributed by atoms with Crippen LogP contribution in [0.2, 0.25) is 0 Å². The van der Waals surface area contributed by atoms with Gasteiger partial charge in [0.15, 0.2) is 17.5 Å². The van der Waals surface area contributed by atoms with E-state index in [1.54, 1.807) is 0 Å². The Morgan fingerprint density at radius 1 is 0.500 bits per heavy atom. The number of fused-ring (bicyclic) bond motifs is 9. The van der Waals surface area contributed by atoms with Gasteiger partial charge in [0.25, 0.3) is 0 Å². The van der Waals surface area contributed by atoms with Gasteiger partial charge >= 0.3 is 0 Å². The molecule has 0 spiro atoms. The Morgan fingerprint density at radius 2 is 1.19 bits per heavy atom. The average Bonchev–Trinajstić information content (AvgIpc) is 3.92. The smallest absolute Gasteiger partial charge is 0.164 e. The second-order valence-electron chi connectivity index (χ2n) is 14.2. The molecule has 0 atom stereocenters. The van der Waals surface area contributed by atoms with Gasteiger partial charge in [-0.25, -0.2) is 15.0 Å². The van der Waals surface area contributed by atoms with Crippen molar-refractivity contribution < 1.29 is 4.42 Å². The molecule has 7 aromatic carbocycles. The third kappa shape index (κ3) is 4.33. The molecule has 0 amide bonds. The molecule has 3 aromatic heterocycles. The average molecular weight is 708 g/mol. The van der Waals surface area contributed by atoms with Gasteiger partial charge in [0.1, 0.15) is 11.2 Å². The highest BCUT2D eigenvalue weighted by molar-refractivity contribution is 7.20. The fourth-order valence-corrected chi connectivity index (χ4v) is 10.0. The lowest BCUT2D eigenvalue weighted by Crippen LogP contribution is -2.02. The number of hydrogen-bond acceptors (Lipinski definition) is 5. The zero-order valence-corrected chi connectivity index (χ0v) is 29.8. The van der Waals surface area contributed by atoms with Crippen LogP contribution in [0, 0.1) is 0 Å². The first kappa shape index (κ1) is 29.8. The summed E-state index contributed by atoms with van der Waals surface area (Å²) in [5.74, 6) is 2.01. The number of hydrogen-bond donors (Lipinski definition) is 0. The predicted octanol–water partition coefficient (Wildman–Crippen LogP) is 13.4. The summed E-state index contributed by atoms with van der Waals surface area (Å²) < 4.78 is 7.53. The van der Waals surface area contributed by atoms with Crippen LogP contribution in [-0.2, 0) is 6.42 Å². The molecule has 2 aliphatic rings. The molecule has 0 saturated carbocycles. The van der Waals surface area contributed by atoms with Gasteiger partial charge in [-0.05, 0) is 87.3 Å². The van der Waals surface area contributed by atoms with Crippen molar-refractivity contribution in [3.8, 4) is 67.5 Å². The molecule has 5 heteroatoms. The molecule has 0 radical (unpaired) electrons. The van der Waals surface area contributed by atoms with E-state index in [-0.39, 0.29) is 0 Å². The molecule has 0 aliphatic heterocycles. The van der Waals surface area contributed by atoms with Crippen molar-refractivity contribution in [2.45, 2.75) is 12.8 Å². The fraction of sp³-hybridized carbons (Fsp3) is 0.0408. The van der Waals surface area contributed by atoms with Crippen LogP contribution >= 0.6 is 11.3 Å². The van der Waals surface area contributed by atoms with Gasteiger partial charge in [-0.1, -0.05) is 121 Å². The van der Waals surface area contributed by atoms with Crippen LogP contribution < -0.4 is 0 Å². The van der Waals surface area contributed by atoms with Crippen molar-refractivity contribution >= 4 is 60.2 Å². The van der Waals surface area contributed by atoms with E-state index in [4.69, 9.17) is 19.4 Å². The van der Waals surface area contributed by atoms with Gasteiger partial charge in [-0.15, -0.1) is 11.3 Å². The van der Waals surface area contributed by atoms with Gasteiger partial charge in [-0.2, -0.15) is 0 Å².